The van der Waals surface area contributed by atoms with Gasteiger partial charge in [-0.3, -0.25) is 4.79 Å². The number of rotatable bonds is 3. The molecular weight excluding hydrogens is 228 g/mol. The summed E-state index contributed by atoms with van der Waals surface area (Å²) in [7, 11) is 0. The quantitative estimate of drug-likeness (QED) is 0.795. The normalized spacial score (nSPS) is 10.1. The molecular formula is C13H14N4O. The van der Waals surface area contributed by atoms with Gasteiger partial charge in [-0.1, -0.05) is 6.07 Å². The lowest BCUT2D eigenvalue weighted by molar-refractivity contribution is 0.0951. The Kier molecular flexibility index (Phi) is 3.52. The summed E-state index contributed by atoms with van der Waals surface area (Å²) in [5.41, 5.74) is 8.55. The highest BCUT2D eigenvalue weighted by Crippen LogP contribution is 2.13. The Morgan fingerprint density at radius 3 is 2.89 bits per heavy atom. The summed E-state index contributed by atoms with van der Waals surface area (Å²) in [5, 5.41) is 2.77. The van der Waals surface area contributed by atoms with Gasteiger partial charge in [-0.25, -0.2) is 9.97 Å². The molecule has 0 fully saturated rings. The van der Waals surface area contributed by atoms with Gasteiger partial charge in [0.2, 0.25) is 0 Å². The van der Waals surface area contributed by atoms with E-state index in [1.807, 2.05) is 13.0 Å². The molecule has 0 saturated heterocycles. The number of benzene rings is 1. The first-order chi connectivity index (χ1) is 8.66. The van der Waals surface area contributed by atoms with Crippen LogP contribution in [0.2, 0.25) is 0 Å². The van der Waals surface area contributed by atoms with Crippen LogP contribution in [0.5, 0.6) is 0 Å². The van der Waals surface area contributed by atoms with Crippen molar-refractivity contribution in [3.8, 4) is 0 Å². The van der Waals surface area contributed by atoms with Crippen LogP contribution in [0.3, 0.4) is 0 Å². The van der Waals surface area contributed by atoms with Gasteiger partial charge >= 0.3 is 0 Å². The molecule has 1 amide bonds. The summed E-state index contributed by atoms with van der Waals surface area (Å²) in [6, 6.07) is 7.11. The SMILES string of the molecule is Cc1ccc(C(=O)NCc2ccncn2)c(N)c1. The zero-order valence-electron chi connectivity index (χ0n) is 10.1. The maximum absolute atomic E-state index is 11.9. The van der Waals surface area contributed by atoms with Gasteiger partial charge in [0, 0.05) is 11.9 Å². The molecule has 2 rings (SSSR count). The van der Waals surface area contributed by atoms with Crippen LogP contribution in [0.15, 0.2) is 36.8 Å². The standard InChI is InChI=1S/C13H14N4O/c1-9-2-3-11(12(14)6-9)13(18)16-7-10-4-5-15-8-17-10/h2-6,8H,7,14H2,1H3,(H,16,18). The fourth-order valence-electron chi connectivity index (χ4n) is 1.58. The third-order valence-electron chi connectivity index (χ3n) is 2.52. The number of carbonyl (C=O) groups excluding carboxylic acids is 1. The fraction of sp³-hybridized carbons (Fsp3) is 0.154. The third-order valence-corrected chi connectivity index (χ3v) is 2.52. The van der Waals surface area contributed by atoms with Crippen LogP contribution in [0.25, 0.3) is 0 Å². The number of hydrogen-bond acceptors (Lipinski definition) is 4. The summed E-state index contributed by atoms with van der Waals surface area (Å²) >= 11 is 0. The molecule has 0 unspecified atom stereocenters. The van der Waals surface area contributed by atoms with Crippen LogP contribution >= 0.6 is 0 Å². The predicted molar refractivity (Wildman–Crippen MR) is 68.8 cm³/mol. The van der Waals surface area contributed by atoms with Crippen molar-refractivity contribution in [3.63, 3.8) is 0 Å². The van der Waals surface area contributed by atoms with Crippen molar-refractivity contribution in [1.29, 1.82) is 0 Å². The molecule has 1 aromatic carbocycles. The molecule has 0 aliphatic carbocycles. The summed E-state index contributed by atoms with van der Waals surface area (Å²) in [6.45, 7) is 2.29. The molecule has 5 nitrogen and oxygen atoms in total. The van der Waals surface area contributed by atoms with Gasteiger partial charge in [-0.15, -0.1) is 0 Å². The second-order valence-electron chi connectivity index (χ2n) is 3.97. The largest absolute Gasteiger partial charge is 0.398 e. The highest BCUT2D eigenvalue weighted by atomic mass is 16.1. The molecule has 0 spiro atoms. The molecule has 1 aromatic heterocycles. The first kappa shape index (κ1) is 12.0. The Hall–Kier alpha value is -2.43. The molecule has 0 aliphatic rings. The van der Waals surface area contributed by atoms with Crippen molar-refractivity contribution < 1.29 is 4.79 Å². The highest BCUT2D eigenvalue weighted by molar-refractivity contribution is 5.99. The molecule has 1 heterocycles. The number of hydrogen-bond donors (Lipinski definition) is 2. The number of carbonyl (C=O) groups is 1. The van der Waals surface area contributed by atoms with E-state index in [1.54, 1.807) is 24.4 Å². The minimum atomic E-state index is -0.203. The molecule has 0 saturated carbocycles. The Labute approximate surface area is 105 Å². The van der Waals surface area contributed by atoms with E-state index in [-0.39, 0.29) is 5.91 Å². The van der Waals surface area contributed by atoms with Crippen molar-refractivity contribution in [2.24, 2.45) is 0 Å². The number of amides is 1. The monoisotopic (exact) mass is 242 g/mol. The summed E-state index contributed by atoms with van der Waals surface area (Å²) in [5.74, 6) is -0.203. The Morgan fingerprint density at radius 1 is 1.39 bits per heavy atom. The highest BCUT2D eigenvalue weighted by Gasteiger charge is 2.09. The van der Waals surface area contributed by atoms with E-state index in [9.17, 15) is 4.79 Å². The maximum atomic E-state index is 11.9. The third kappa shape index (κ3) is 2.82. The fourth-order valence-corrected chi connectivity index (χ4v) is 1.58. The Bertz CT molecular complexity index is 554. The molecule has 18 heavy (non-hydrogen) atoms. The van der Waals surface area contributed by atoms with Gasteiger partial charge in [0.25, 0.3) is 5.91 Å². The Morgan fingerprint density at radius 2 is 2.22 bits per heavy atom. The Balaban J connectivity index is 2.04. The number of nitrogens with zero attached hydrogens (tertiary/aromatic N) is 2. The average molecular weight is 242 g/mol. The molecule has 2 aromatic rings. The van der Waals surface area contributed by atoms with Crippen LogP contribution in [-0.4, -0.2) is 15.9 Å². The second-order valence-corrected chi connectivity index (χ2v) is 3.97. The van der Waals surface area contributed by atoms with Crippen molar-refractivity contribution in [1.82, 2.24) is 15.3 Å². The van der Waals surface area contributed by atoms with Gasteiger partial charge in [-0.2, -0.15) is 0 Å². The predicted octanol–water partition coefficient (Wildman–Crippen LogP) is 1.30. The first-order valence-electron chi connectivity index (χ1n) is 5.56. The number of aryl methyl sites for hydroxylation is 1. The van der Waals surface area contributed by atoms with Gasteiger partial charge in [0.05, 0.1) is 17.8 Å². The number of nitrogen functional groups attached to an aromatic ring is 1. The van der Waals surface area contributed by atoms with Crippen LogP contribution in [-0.2, 0) is 6.54 Å². The van der Waals surface area contributed by atoms with Crippen LogP contribution in [0.4, 0.5) is 5.69 Å². The van der Waals surface area contributed by atoms with Crippen molar-refractivity contribution in [3.05, 3.63) is 53.6 Å². The number of nitrogens with one attached hydrogen (secondary N) is 1. The van der Waals surface area contributed by atoms with Gasteiger partial charge in [0.1, 0.15) is 6.33 Å². The zero-order valence-corrected chi connectivity index (χ0v) is 10.1. The molecule has 5 heteroatoms. The summed E-state index contributed by atoms with van der Waals surface area (Å²) in [6.07, 6.45) is 3.08. The maximum Gasteiger partial charge on any atom is 0.253 e. The summed E-state index contributed by atoms with van der Waals surface area (Å²) in [4.78, 5) is 19.8. The van der Waals surface area contributed by atoms with E-state index in [4.69, 9.17) is 5.73 Å². The lowest BCUT2D eigenvalue weighted by Crippen LogP contribution is -2.24. The van der Waals surface area contributed by atoms with Crippen molar-refractivity contribution >= 4 is 11.6 Å². The van der Waals surface area contributed by atoms with E-state index in [1.165, 1.54) is 6.33 Å². The number of nitrogens with two attached hydrogens (primary N) is 1. The van der Waals surface area contributed by atoms with E-state index < -0.39 is 0 Å². The molecule has 0 atom stereocenters. The minimum absolute atomic E-state index is 0.203. The topological polar surface area (TPSA) is 80.9 Å². The van der Waals surface area contributed by atoms with Gasteiger partial charge in [-0.05, 0) is 30.7 Å². The second kappa shape index (κ2) is 5.27. The number of aromatic nitrogens is 2. The molecule has 0 bridgehead atoms. The molecule has 92 valence electrons. The number of anilines is 1. The van der Waals surface area contributed by atoms with Gasteiger partial charge in [0.15, 0.2) is 0 Å². The summed E-state index contributed by atoms with van der Waals surface area (Å²) < 4.78 is 0. The lowest BCUT2D eigenvalue weighted by Gasteiger charge is -2.07. The molecule has 0 radical (unpaired) electrons. The first-order valence-corrected chi connectivity index (χ1v) is 5.56. The van der Waals surface area contributed by atoms with Crippen LogP contribution < -0.4 is 11.1 Å². The average Bonchev–Trinajstić information content (AvgIpc) is 2.37. The smallest absolute Gasteiger partial charge is 0.253 e. The molecule has 0 aliphatic heterocycles. The van der Waals surface area contributed by atoms with Crippen molar-refractivity contribution in [2.75, 3.05) is 5.73 Å². The minimum Gasteiger partial charge on any atom is -0.398 e. The van der Waals surface area contributed by atoms with Crippen LogP contribution in [0, 0.1) is 6.92 Å². The van der Waals surface area contributed by atoms with E-state index in [0.29, 0.717) is 17.8 Å². The molecule has 3 N–H and O–H groups in total. The van der Waals surface area contributed by atoms with E-state index >= 15 is 0 Å². The van der Waals surface area contributed by atoms with Gasteiger partial charge < -0.3 is 11.1 Å². The van der Waals surface area contributed by atoms with Crippen molar-refractivity contribution in [2.45, 2.75) is 13.5 Å². The van der Waals surface area contributed by atoms with E-state index in [2.05, 4.69) is 15.3 Å². The zero-order chi connectivity index (χ0) is 13.0. The van der Waals surface area contributed by atoms with E-state index in [0.717, 1.165) is 11.3 Å². The van der Waals surface area contributed by atoms with Crippen LogP contribution in [0.1, 0.15) is 21.6 Å². The lowest BCUT2D eigenvalue weighted by atomic mass is 10.1.